The Labute approximate surface area is 154 Å². The molecule has 0 spiro atoms. The fourth-order valence-corrected chi connectivity index (χ4v) is 5.12. The van der Waals surface area contributed by atoms with Crippen LogP contribution in [0.4, 0.5) is 0 Å². The molecular formula is C22H21NSSi. The van der Waals surface area contributed by atoms with E-state index in [0.29, 0.717) is 0 Å². The summed E-state index contributed by atoms with van der Waals surface area (Å²) in [5, 5.41) is 2.58. The van der Waals surface area contributed by atoms with E-state index in [2.05, 4.69) is 86.4 Å². The molecule has 25 heavy (non-hydrogen) atoms. The molecule has 0 fully saturated rings. The highest BCUT2D eigenvalue weighted by Crippen LogP contribution is 2.32. The molecule has 4 aromatic rings. The normalized spacial score (nSPS) is 11.8. The van der Waals surface area contributed by atoms with Crippen molar-refractivity contribution in [1.29, 1.82) is 0 Å². The summed E-state index contributed by atoms with van der Waals surface area (Å²) >= 11 is 1.75. The predicted molar refractivity (Wildman–Crippen MR) is 113 cm³/mol. The van der Waals surface area contributed by atoms with E-state index < -0.39 is 8.07 Å². The summed E-state index contributed by atoms with van der Waals surface area (Å²) in [4.78, 5) is 4.79. The number of aromatic nitrogens is 1. The van der Waals surface area contributed by atoms with Gasteiger partial charge in [-0.3, -0.25) is 0 Å². The van der Waals surface area contributed by atoms with Crippen molar-refractivity contribution in [3.8, 4) is 21.7 Å². The van der Waals surface area contributed by atoms with Crippen molar-refractivity contribution >= 4 is 34.8 Å². The Kier molecular flexibility index (Phi) is 4.06. The highest BCUT2D eigenvalue weighted by atomic mass is 32.1. The quantitative estimate of drug-likeness (QED) is 0.398. The maximum atomic E-state index is 4.79. The fourth-order valence-electron chi connectivity index (χ4n) is 2.99. The van der Waals surface area contributed by atoms with Crippen molar-refractivity contribution in [1.82, 2.24) is 4.98 Å². The van der Waals surface area contributed by atoms with Gasteiger partial charge in [0.15, 0.2) is 0 Å². The van der Waals surface area contributed by atoms with Gasteiger partial charge in [-0.05, 0) is 29.3 Å². The topological polar surface area (TPSA) is 12.9 Å². The number of nitrogens with zero attached hydrogens (tertiary/aromatic N) is 1. The first-order valence-corrected chi connectivity index (χ1v) is 12.9. The van der Waals surface area contributed by atoms with E-state index in [9.17, 15) is 0 Å². The summed E-state index contributed by atoms with van der Waals surface area (Å²) in [6.07, 6.45) is 0. The van der Waals surface area contributed by atoms with Gasteiger partial charge >= 0.3 is 0 Å². The zero-order valence-electron chi connectivity index (χ0n) is 14.8. The van der Waals surface area contributed by atoms with Crippen LogP contribution in [0.5, 0.6) is 0 Å². The van der Waals surface area contributed by atoms with Gasteiger partial charge < -0.3 is 0 Å². The number of para-hydroxylation sites is 1. The van der Waals surface area contributed by atoms with Gasteiger partial charge in [0.05, 0.1) is 18.3 Å². The third-order valence-electron chi connectivity index (χ3n) is 4.49. The number of thiazole rings is 1. The molecule has 0 saturated heterocycles. The van der Waals surface area contributed by atoms with Crippen molar-refractivity contribution in [3.63, 3.8) is 0 Å². The second-order valence-electron chi connectivity index (χ2n) is 7.39. The van der Waals surface area contributed by atoms with Crippen LogP contribution in [-0.2, 0) is 0 Å². The molecule has 3 aromatic carbocycles. The van der Waals surface area contributed by atoms with E-state index >= 15 is 0 Å². The summed E-state index contributed by atoms with van der Waals surface area (Å²) < 4.78 is 1.24. The number of hydrogen-bond donors (Lipinski definition) is 0. The Morgan fingerprint density at radius 1 is 0.720 bits per heavy atom. The molecule has 4 rings (SSSR count). The molecule has 1 nitrogen and oxygen atoms in total. The monoisotopic (exact) mass is 359 g/mol. The molecule has 0 aliphatic heterocycles. The molecule has 124 valence electrons. The number of fused-ring (bicyclic) bond motifs is 1. The lowest BCUT2D eigenvalue weighted by molar-refractivity contribution is 1.47. The van der Waals surface area contributed by atoms with Crippen LogP contribution >= 0.6 is 11.3 Å². The van der Waals surface area contributed by atoms with Crippen LogP contribution in [0.2, 0.25) is 19.6 Å². The summed E-state index contributed by atoms with van der Waals surface area (Å²) in [6, 6.07) is 26.1. The van der Waals surface area contributed by atoms with Crippen LogP contribution in [0, 0.1) is 0 Å². The zero-order valence-corrected chi connectivity index (χ0v) is 16.6. The smallest absolute Gasteiger partial charge is 0.124 e. The van der Waals surface area contributed by atoms with Crippen LogP contribution in [0.3, 0.4) is 0 Å². The van der Waals surface area contributed by atoms with Crippen molar-refractivity contribution < 1.29 is 0 Å². The summed E-state index contributed by atoms with van der Waals surface area (Å²) in [7, 11) is -1.25. The third kappa shape index (κ3) is 3.30. The zero-order chi connectivity index (χ0) is 17.4. The van der Waals surface area contributed by atoms with E-state index in [1.807, 2.05) is 6.07 Å². The minimum absolute atomic E-state index is 1.08. The number of benzene rings is 3. The summed E-state index contributed by atoms with van der Waals surface area (Å²) in [5.41, 5.74) is 4.78. The molecule has 0 bridgehead atoms. The summed E-state index contributed by atoms with van der Waals surface area (Å²) in [5.74, 6) is 0. The molecule has 1 heterocycles. The molecule has 0 unspecified atom stereocenters. The van der Waals surface area contributed by atoms with E-state index in [-0.39, 0.29) is 0 Å². The van der Waals surface area contributed by atoms with Crippen molar-refractivity contribution in [2.45, 2.75) is 19.6 Å². The van der Waals surface area contributed by atoms with Crippen LogP contribution in [0.1, 0.15) is 0 Å². The fraction of sp³-hybridized carbons (Fsp3) is 0.136. The van der Waals surface area contributed by atoms with Gasteiger partial charge in [0.2, 0.25) is 0 Å². The second-order valence-corrected chi connectivity index (χ2v) is 13.5. The molecule has 0 amide bonds. The molecule has 0 aliphatic carbocycles. The second kappa shape index (κ2) is 6.25. The predicted octanol–water partition coefficient (Wildman–Crippen LogP) is 6.18. The van der Waals surface area contributed by atoms with Gasteiger partial charge in [-0.25, -0.2) is 4.98 Å². The first-order chi connectivity index (χ1) is 12.0. The van der Waals surface area contributed by atoms with Crippen molar-refractivity contribution in [2.75, 3.05) is 0 Å². The molecule has 0 N–H and O–H groups in total. The Balaban J connectivity index is 1.72. The SMILES string of the molecule is C[Si](C)(C)c1ccc(-c2cccc(-c3nc4ccccc4s3)c2)cc1. The van der Waals surface area contributed by atoms with Gasteiger partial charge in [0.25, 0.3) is 0 Å². The van der Waals surface area contributed by atoms with Crippen LogP contribution in [0.25, 0.3) is 31.9 Å². The molecule has 3 heteroatoms. The van der Waals surface area contributed by atoms with Crippen LogP contribution in [0.15, 0.2) is 72.8 Å². The average Bonchev–Trinajstić information content (AvgIpc) is 3.05. The first-order valence-electron chi connectivity index (χ1n) is 8.58. The number of hydrogen-bond acceptors (Lipinski definition) is 2. The van der Waals surface area contributed by atoms with Gasteiger partial charge in [-0.15, -0.1) is 11.3 Å². The molecule has 1 aromatic heterocycles. The lowest BCUT2D eigenvalue weighted by Gasteiger charge is -2.16. The third-order valence-corrected chi connectivity index (χ3v) is 7.64. The Morgan fingerprint density at radius 2 is 1.44 bits per heavy atom. The maximum Gasteiger partial charge on any atom is 0.124 e. The maximum absolute atomic E-state index is 4.79. The van der Waals surface area contributed by atoms with E-state index in [1.165, 1.54) is 26.6 Å². The number of rotatable bonds is 3. The van der Waals surface area contributed by atoms with Crippen LogP contribution < -0.4 is 5.19 Å². The standard InChI is InChI=1S/C22H21NSSi/c1-25(2,3)19-13-11-16(12-14-19)17-7-6-8-18(15-17)22-23-20-9-4-5-10-21(20)24-22/h4-15H,1-3H3. The molecular weight excluding hydrogens is 338 g/mol. The molecule has 0 atom stereocenters. The van der Waals surface area contributed by atoms with Crippen molar-refractivity contribution in [3.05, 3.63) is 72.8 Å². The van der Waals surface area contributed by atoms with Crippen LogP contribution in [-0.4, -0.2) is 13.1 Å². The largest absolute Gasteiger partial charge is 0.236 e. The Hall–Kier alpha value is -2.23. The van der Waals surface area contributed by atoms with E-state index in [1.54, 1.807) is 11.3 Å². The molecule has 0 radical (unpaired) electrons. The van der Waals surface area contributed by atoms with Gasteiger partial charge in [-0.1, -0.05) is 79.4 Å². The highest BCUT2D eigenvalue weighted by molar-refractivity contribution is 7.21. The van der Waals surface area contributed by atoms with Gasteiger partial charge in [0, 0.05) is 5.56 Å². The minimum atomic E-state index is -1.25. The van der Waals surface area contributed by atoms with E-state index in [0.717, 1.165) is 10.5 Å². The minimum Gasteiger partial charge on any atom is -0.236 e. The highest BCUT2D eigenvalue weighted by Gasteiger charge is 2.16. The van der Waals surface area contributed by atoms with Gasteiger partial charge in [0.1, 0.15) is 5.01 Å². The van der Waals surface area contributed by atoms with Crippen molar-refractivity contribution in [2.24, 2.45) is 0 Å². The molecule has 0 saturated carbocycles. The van der Waals surface area contributed by atoms with Gasteiger partial charge in [-0.2, -0.15) is 0 Å². The average molecular weight is 360 g/mol. The summed E-state index contributed by atoms with van der Waals surface area (Å²) in [6.45, 7) is 7.15. The Bertz CT molecular complexity index is 993. The lowest BCUT2D eigenvalue weighted by Crippen LogP contribution is -2.37. The molecule has 0 aliphatic rings. The lowest BCUT2D eigenvalue weighted by atomic mass is 10.0. The Morgan fingerprint density at radius 3 is 2.16 bits per heavy atom. The first kappa shape index (κ1) is 16.2. The van der Waals surface area contributed by atoms with E-state index in [4.69, 9.17) is 4.98 Å².